The van der Waals surface area contributed by atoms with Crippen molar-refractivity contribution >= 4 is 50.9 Å². The van der Waals surface area contributed by atoms with Crippen LogP contribution in [-0.2, 0) is 13.6 Å². The van der Waals surface area contributed by atoms with Crippen LogP contribution in [0.4, 0.5) is 20.2 Å². The number of hydrogen-bond acceptors (Lipinski definition) is 4. The normalized spacial score (nSPS) is 11.0. The van der Waals surface area contributed by atoms with Gasteiger partial charge < -0.3 is 20.3 Å². The molecule has 0 saturated carbocycles. The molecule has 1 heterocycles. The van der Waals surface area contributed by atoms with Gasteiger partial charge in [-0.2, -0.15) is 0 Å². The van der Waals surface area contributed by atoms with Crippen LogP contribution in [0.25, 0.3) is 11.0 Å². The van der Waals surface area contributed by atoms with Crippen molar-refractivity contribution in [3.8, 4) is 5.75 Å². The van der Waals surface area contributed by atoms with Gasteiger partial charge in [0.25, 0.3) is 5.91 Å². The first kappa shape index (κ1) is 21.0. The average Bonchev–Trinajstić information content (AvgIpc) is 3.11. The zero-order chi connectivity index (χ0) is 22.1. The Labute approximate surface area is 190 Å². The van der Waals surface area contributed by atoms with Gasteiger partial charge in [0.05, 0.1) is 28.8 Å². The molecule has 4 aromatic rings. The number of hydrogen-bond donors (Lipinski definition) is 3. The fraction of sp³-hybridized carbons (Fsp3) is 0.0909. The minimum Gasteiger partial charge on any atom is -0.508 e. The van der Waals surface area contributed by atoms with Crippen LogP contribution < -0.4 is 10.6 Å². The van der Waals surface area contributed by atoms with E-state index >= 15 is 4.39 Å². The molecule has 0 aliphatic carbocycles. The van der Waals surface area contributed by atoms with Crippen LogP contribution in [0.3, 0.4) is 0 Å². The van der Waals surface area contributed by atoms with E-state index in [4.69, 9.17) is 0 Å². The molecule has 0 atom stereocenters. The van der Waals surface area contributed by atoms with Gasteiger partial charge in [0, 0.05) is 22.7 Å². The topological polar surface area (TPSA) is 79.2 Å². The second-order valence-electron chi connectivity index (χ2n) is 6.90. The Morgan fingerprint density at radius 2 is 1.97 bits per heavy atom. The fourth-order valence-electron chi connectivity index (χ4n) is 3.18. The van der Waals surface area contributed by atoms with Gasteiger partial charge in [0.1, 0.15) is 17.1 Å². The SMILES string of the molecule is Cn1cnc2c(F)c(Nc3ccc(I)cc3F)c(C(=O)NCc3ccccc3O)cc21. The summed E-state index contributed by atoms with van der Waals surface area (Å²) in [7, 11) is 1.68. The maximum atomic E-state index is 15.3. The summed E-state index contributed by atoms with van der Waals surface area (Å²) >= 11 is 1.97. The highest BCUT2D eigenvalue weighted by Crippen LogP contribution is 2.32. The maximum absolute atomic E-state index is 15.3. The number of amides is 1. The standard InChI is InChI=1S/C22H17F2IN4O2/c1-29-11-27-21-17(29)9-14(22(31)26-10-12-4-2-3-5-18(12)30)20(19(21)24)28-16-7-6-13(25)8-15(16)23/h2-9,11,28,30H,10H2,1H3,(H,26,31). The van der Waals surface area contributed by atoms with Gasteiger partial charge in [-0.15, -0.1) is 0 Å². The van der Waals surface area contributed by atoms with Crippen molar-refractivity contribution in [2.24, 2.45) is 7.05 Å². The zero-order valence-corrected chi connectivity index (χ0v) is 18.4. The monoisotopic (exact) mass is 534 g/mol. The lowest BCUT2D eigenvalue weighted by Gasteiger charge is -2.15. The number of anilines is 2. The molecular formula is C22H17F2IN4O2. The van der Waals surface area contributed by atoms with Crippen molar-refractivity contribution in [3.05, 3.63) is 81.2 Å². The van der Waals surface area contributed by atoms with Crippen LogP contribution in [0.5, 0.6) is 5.75 Å². The Morgan fingerprint density at radius 1 is 1.19 bits per heavy atom. The largest absolute Gasteiger partial charge is 0.508 e. The Kier molecular flexibility index (Phi) is 5.77. The highest BCUT2D eigenvalue weighted by molar-refractivity contribution is 14.1. The summed E-state index contributed by atoms with van der Waals surface area (Å²) in [5.74, 6) is -1.88. The number of imidazole rings is 1. The molecule has 0 unspecified atom stereocenters. The highest BCUT2D eigenvalue weighted by Gasteiger charge is 2.22. The van der Waals surface area contributed by atoms with Gasteiger partial charge in [-0.3, -0.25) is 4.79 Å². The van der Waals surface area contributed by atoms with E-state index in [9.17, 15) is 14.3 Å². The van der Waals surface area contributed by atoms with Gasteiger partial charge in [0.15, 0.2) is 5.82 Å². The molecule has 0 fully saturated rings. The van der Waals surface area contributed by atoms with Gasteiger partial charge in [-0.05, 0) is 52.9 Å². The summed E-state index contributed by atoms with van der Waals surface area (Å²) < 4.78 is 32.0. The number of aryl methyl sites for hydroxylation is 1. The van der Waals surface area contributed by atoms with Gasteiger partial charge >= 0.3 is 0 Å². The number of nitrogens with one attached hydrogen (secondary N) is 2. The predicted octanol–water partition coefficient (Wildman–Crippen LogP) is 4.84. The molecule has 4 rings (SSSR count). The number of phenolic OH excluding ortho intramolecular Hbond substituents is 1. The third-order valence-electron chi connectivity index (χ3n) is 4.83. The molecule has 0 aliphatic rings. The number of nitrogens with zero attached hydrogens (tertiary/aromatic N) is 2. The number of para-hydroxylation sites is 1. The molecular weight excluding hydrogens is 517 g/mol. The Bertz CT molecular complexity index is 1310. The van der Waals surface area contributed by atoms with Crippen molar-refractivity contribution in [1.82, 2.24) is 14.9 Å². The number of fused-ring (bicyclic) bond motifs is 1. The molecule has 31 heavy (non-hydrogen) atoms. The molecule has 0 spiro atoms. The molecule has 1 aromatic heterocycles. The summed E-state index contributed by atoms with van der Waals surface area (Å²) in [4.78, 5) is 17.0. The van der Waals surface area contributed by atoms with Crippen LogP contribution in [-0.4, -0.2) is 20.6 Å². The Balaban J connectivity index is 1.75. The summed E-state index contributed by atoms with van der Waals surface area (Å²) in [5, 5.41) is 15.3. The fourth-order valence-corrected chi connectivity index (χ4v) is 3.64. The Hall–Kier alpha value is -3.21. The lowest BCUT2D eigenvalue weighted by molar-refractivity contribution is 0.0951. The van der Waals surface area contributed by atoms with E-state index in [-0.39, 0.29) is 34.7 Å². The number of phenols is 1. The zero-order valence-electron chi connectivity index (χ0n) is 16.3. The highest BCUT2D eigenvalue weighted by atomic mass is 127. The molecule has 6 nitrogen and oxygen atoms in total. The first-order valence-corrected chi connectivity index (χ1v) is 10.3. The molecule has 1 amide bonds. The maximum Gasteiger partial charge on any atom is 0.253 e. The van der Waals surface area contributed by atoms with E-state index in [1.54, 1.807) is 35.9 Å². The third-order valence-corrected chi connectivity index (χ3v) is 5.50. The van der Waals surface area contributed by atoms with Crippen LogP contribution in [0.2, 0.25) is 0 Å². The number of benzene rings is 3. The predicted molar refractivity (Wildman–Crippen MR) is 122 cm³/mol. The molecule has 3 N–H and O–H groups in total. The van der Waals surface area contributed by atoms with Gasteiger partial charge in [0.2, 0.25) is 0 Å². The van der Waals surface area contributed by atoms with E-state index in [1.807, 2.05) is 22.6 Å². The first-order valence-electron chi connectivity index (χ1n) is 9.26. The van der Waals surface area contributed by atoms with Crippen molar-refractivity contribution < 1.29 is 18.7 Å². The smallest absolute Gasteiger partial charge is 0.253 e. The Morgan fingerprint density at radius 3 is 2.71 bits per heavy atom. The number of aromatic hydroxyl groups is 1. The first-order chi connectivity index (χ1) is 14.8. The summed E-state index contributed by atoms with van der Waals surface area (Å²) in [6.07, 6.45) is 1.44. The number of carbonyl (C=O) groups excluding carboxylic acids is 1. The molecule has 9 heteroatoms. The third kappa shape index (κ3) is 4.18. The summed E-state index contributed by atoms with van der Waals surface area (Å²) in [6, 6.07) is 12.5. The van der Waals surface area contributed by atoms with Crippen LogP contribution in [0.1, 0.15) is 15.9 Å². The van der Waals surface area contributed by atoms with Gasteiger partial charge in [-0.1, -0.05) is 18.2 Å². The number of halogens is 3. The van der Waals surface area contributed by atoms with E-state index in [1.165, 1.54) is 30.6 Å². The van der Waals surface area contributed by atoms with Crippen molar-refractivity contribution in [2.45, 2.75) is 6.54 Å². The summed E-state index contributed by atoms with van der Waals surface area (Å²) in [6.45, 7) is 0.0356. The van der Waals surface area contributed by atoms with Gasteiger partial charge in [-0.25, -0.2) is 13.8 Å². The number of rotatable bonds is 5. The second-order valence-corrected chi connectivity index (χ2v) is 8.14. The van der Waals surface area contributed by atoms with E-state index in [2.05, 4.69) is 15.6 Å². The van der Waals surface area contributed by atoms with Crippen molar-refractivity contribution in [1.29, 1.82) is 0 Å². The quantitative estimate of drug-likeness (QED) is 0.321. The molecule has 0 saturated heterocycles. The van der Waals surface area contributed by atoms with Crippen LogP contribution in [0, 0.1) is 15.2 Å². The van der Waals surface area contributed by atoms with Crippen molar-refractivity contribution in [3.63, 3.8) is 0 Å². The molecule has 158 valence electrons. The minimum atomic E-state index is -0.760. The molecule has 0 radical (unpaired) electrons. The lowest BCUT2D eigenvalue weighted by Crippen LogP contribution is -2.24. The molecule has 0 bridgehead atoms. The van der Waals surface area contributed by atoms with E-state index in [0.29, 0.717) is 14.7 Å². The van der Waals surface area contributed by atoms with Crippen LogP contribution >= 0.6 is 22.6 Å². The van der Waals surface area contributed by atoms with Crippen LogP contribution in [0.15, 0.2) is 54.9 Å². The second kappa shape index (κ2) is 8.50. The van der Waals surface area contributed by atoms with E-state index in [0.717, 1.165) is 0 Å². The van der Waals surface area contributed by atoms with E-state index < -0.39 is 17.5 Å². The molecule has 0 aliphatic heterocycles. The summed E-state index contributed by atoms with van der Waals surface area (Å²) in [5.41, 5.74) is 0.829. The number of aromatic nitrogens is 2. The lowest BCUT2D eigenvalue weighted by atomic mass is 10.1. The number of carbonyl (C=O) groups is 1. The average molecular weight is 534 g/mol. The van der Waals surface area contributed by atoms with Crippen molar-refractivity contribution in [2.75, 3.05) is 5.32 Å². The minimum absolute atomic E-state index is 0.0121. The molecule has 3 aromatic carbocycles.